The van der Waals surface area contributed by atoms with E-state index in [4.69, 9.17) is 5.73 Å². The first-order valence-corrected chi connectivity index (χ1v) is 8.23. The van der Waals surface area contributed by atoms with Crippen LogP contribution in [0.4, 0.5) is 11.5 Å². The van der Waals surface area contributed by atoms with Gasteiger partial charge in [0.1, 0.15) is 5.82 Å². The third kappa shape index (κ3) is 3.25. The van der Waals surface area contributed by atoms with Gasteiger partial charge in [0.05, 0.1) is 18.3 Å². The molecule has 1 amide bonds. The van der Waals surface area contributed by atoms with Crippen LogP contribution in [-0.2, 0) is 11.2 Å². The Labute approximate surface area is 150 Å². The maximum atomic E-state index is 12.3. The van der Waals surface area contributed by atoms with E-state index in [-0.39, 0.29) is 5.91 Å². The molecule has 0 fully saturated rings. The molecule has 2 aromatic carbocycles. The molecular formula is C20H17N5O. The number of anilines is 2. The lowest BCUT2D eigenvalue weighted by molar-refractivity contribution is -0.115. The summed E-state index contributed by atoms with van der Waals surface area (Å²) in [6.45, 7) is 0. The first-order chi connectivity index (χ1) is 12.7. The van der Waals surface area contributed by atoms with Gasteiger partial charge in [-0.2, -0.15) is 0 Å². The van der Waals surface area contributed by atoms with Gasteiger partial charge in [0.25, 0.3) is 0 Å². The quantitative estimate of drug-likeness (QED) is 0.596. The summed E-state index contributed by atoms with van der Waals surface area (Å²) in [5.74, 6) is 0.359. The van der Waals surface area contributed by atoms with E-state index in [0.29, 0.717) is 17.9 Å². The number of imidazole rings is 1. The molecule has 6 nitrogen and oxygen atoms in total. The molecule has 128 valence electrons. The van der Waals surface area contributed by atoms with Gasteiger partial charge in [-0.05, 0) is 29.8 Å². The van der Waals surface area contributed by atoms with E-state index < -0.39 is 0 Å². The average Bonchev–Trinajstić information content (AvgIpc) is 3.05. The third-order valence-corrected chi connectivity index (χ3v) is 4.03. The predicted octanol–water partition coefficient (Wildman–Crippen LogP) is 3.16. The molecule has 0 bridgehead atoms. The smallest absolute Gasteiger partial charge is 0.228 e. The summed E-state index contributed by atoms with van der Waals surface area (Å²) in [6.07, 6.45) is 2.07. The molecule has 0 radical (unpaired) electrons. The van der Waals surface area contributed by atoms with Gasteiger partial charge in [0.2, 0.25) is 5.91 Å². The van der Waals surface area contributed by atoms with Gasteiger partial charge in [-0.3, -0.25) is 4.79 Å². The number of amides is 1. The Morgan fingerprint density at radius 2 is 1.88 bits per heavy atom. The van der Waals surface area contributed by atoms with Crippen molar-refractivity contribution in [1.82, 2.24) is 14.6 Å². The van der Waals surface area contributed by atoms with Crippen LogP contribution in [0.2, 0.25) is 0 Å². The number of rotatable bonds is 4. The van der Waals surface area contributed by atoms with E-state index in [9.17, 15) is 4.79 Å². The number of nitrogen functional groups attached to an aromatic ring is 1. The average molecular weight is 343 g/mol. The summed E-state index contributed by atoms with van der Waals surface area (Å²) in [5, 5.41) is 7.24. The second-order valence-electron chi connectivity index (χ2n) is 5.96. The van der Waals surface area contributed by atoms with Crippen LogP contribution in [-0.4, -0.2) is 20.5 Å². The van der Waals surface area contributed by atoms with Gasteiger partial charge in [-0.25, -0.2) is 9.50 Å². The molecule has 4 aromatic rings. The van der Waals surface area contributed by atoms with Crippen molar-refractivity contribution in [2.45, 2.75) is 6.42 Å². The van der Waals surface area contributed by atoms with Crippen molar-refractivity contribution in [2.24, 2.45) is 0 Å². The van der Waals surface area contributed by atoms with Crippen molar-refractivity contribution >= 4 is 23.1 Å². The number of benzene rings is 2. The van der Waals surface area contributed by atoms with E-state index >= 15 is 0 Å². The number of aromatic nitrogens is 3. The molecule has 0 aliphatic heterocycles. The Morgan fingerprint density at radius 1 is 1.04 bits per heavy atom. The highest BCUT2D eigenvalue weighted by Crippen LogP contribution is 2.23. The van der Waals surface area contributed by atoms with Crippen LogP contribution in [0, 0.1) is 0 Å². The number of nitrogens with one attached hydrogen (secondary N) is 1. The summed E-state index contributed by atoms with van der Waals surface area (Å²) >= 11 is 0. The number of hydrogen-bond donors (Lipinski definition) is 2. The highest BCUT2D eigenvalue weighted by Gasteiger charge is 2.09. The van der Waals surface area contributed by atoms with Crippen LogP contribution in [0.3, 0.4) is 0 Å². The Kier molecular flexibility index (Phi) is 4.07. The zero-order chi connectivity index (χ0) is 17.9. The van der Waals surface area contributed by atoms with Crippen molar-refractivity contribution in [3.05, 3.63) is 78.5 Å². The van der Waals surface area contributed by atoms with Crippen molar-refractivity contribution < 1.29 is 4.79 Å². The van der Waals surface area contributed by atoms with E-state index in [1.165, 1.54) is 0 Å². The van der Waals surface area contributed by atoms with E-state index in [0.717, 1.165) is 22.5 Å². The minimum absolute atomic E-state index is 0.0612. The van der Waals surface area contributed by atoms with Crippen LogP contribution in [0.15, 0.2) is 72.9 Å². The molecule has 0 saturated carbocycles. The monoisotopic (exact) mass is 343 g/mol. The molecule has 0 spiro atoms. The zero-order valence-corrected chi connectivity index (χ0v) is 14.0. The van der Waals surface area contributed by atoms with Crippen LogP contribution < -0.4 is 11.1 Å². The lowest BCUT2D eigenvalue weighted by Crippen LogP contribution is -2.14. The minimum atomic E-state index is -0.0612. The van der Waals surface area contributed by atoms with Crippen LogP contribution in [0.25, 0.3) is 16.9 Å². The molecule has 0 aliphatic rings. The zero-order valence-electron chi connectivity index (χ0n) is 14.0. The molecule has 2 aromatic heterocycles. The van der Waals surface area contributed by atoms with Crippen molar-refractivity contribution in [3.8, 4) is 11.3 Å². The molecule has 6 heteroatoms. The summed E-state index contributed by atoms with van der Waals surface area (Å²) in [5.41, 5.74) is 9.90. The van der Waals surface area contributed by atoms with Gasteiger partial charge in [-0.1, -0.05) is 42.5 Å². The fourth-order valence-electron chi connectivity index (χ4n) is 2.83. The summed E-state index contributed by atoms with van der Waals surface area (Å²) < 4.78 is 1.69. The molecular weight excluding hydrogens is 326 g/mol. The normalized spacial score (nSPS) is 10.8. The Balaban J connectivity index is 1.58. The summed E-state index contributed by atoms with van der Waals surface area (Å²) in [7, 11) is 0. The minimum Gasteiger partial charge on any atom is -0.382 e. The largest absolute Gasteiger partial charge is 0.382 e. The van der Waals surface area contributed by atoms with Gasteiger partial charge in [0, 0.05) is 11.3 Å². The second-order valence-corrected chi connectivity index (χ2v) is 5.96. The number of nitrogens with two attached hydrogens (primary N) is 1. The summed E-state index contributed by atoms with van der Waals surface area (Å²) in [6, 6.07) is 20.8. The topological polar surface area (TPSA) is 85.3 Å². The standard InChI is InChI=1S/C20H17N5O/c21-18-9-10-19-22-13-17(25(19)24-18)15-7-4-8-16(12-15)23-20(26)11-14-5-2-1-3-6-14/h1-10,12-13H,11H2,(H2,21,24)(H,23,26). The number of carbonyl (C=O) groups is 1. The third-order valence-electron chi connectivity index (χ3n) is 4.03. The van der Waals surface area contributed by atoms with Crippen molar-refractivity contribution in [3.63, 3.8) is 0 Å². The van der Waals surface area contributed by atoms with Crippen molar-refractivity contribution in [1.29, 1.82) is 0 Å². The summed E-state index contributed by atoms with van der Waals surface area (Å²) in [4.78, 5) is 16.6. The Hall–Kier alpha value is -3.67. The number of carbonyl (C=O) groups excluding carboxylic acids is 1. The van der Waals surface area contributed by atoms with E-state index in [1.54, 1.807) is 16.8 Å². The fourth-order valence-corrected chi connectivity index (χ4v) is 2.83. The SMILES string of the molecule is Nc1ccc2ncc(-c3cccc(NC(=O)Cc4ccccc4)c3)n2n1. The molecule has 0 atom stereocenters. The first-order valence-electron chi connectivity index (χ1n) is 8.23. The highest BCUT2D eigenvalue weighted by molar-refractivity contribution is 5.92. The maximum absolute atomic E-state index is 12.3. The van der Waals surface area contributed by atoms with Gasteiger partial charge in [0.15, 0.2) is 5.65 Å². The predicted molar refractivity (Wildman–Crippen MR) is 102 cm³/mol. The number of nitrogens with zero attached hydrogens (tertiary/aromatic N) is 3. The molecule has 0 saturated heterocycles. The van der Waals surface area contributed by atoms with Crippen molar-refractivity contribution in [2.75, 3.05) is 11.1 Å². The highest BCUT2D eigenvalue weighted by atomic mass is 16.1. The van der Waals surface area contributed by atoms with Gasteiger partial charge < -0.3 is 11.1 Å². The molecule has 3 N–H and O–H groups in total. The first kappa shape index (κ1) is 15.8. The van der Waals surface area contributed by atoms with Crippen LogP contribution in [0.5, 0.6) is 0 Å². The maximum Gasteiger partial charge on any atom is 0.228 e. The van der Waals surface area contributed by atoms with E-state index in [1.807, 2.05) is 60.7 Å². The van der Waals surface area contributed by atoms with Crippen LogP contribution >= 0.6 is 0 Å². The molecule has 4 rings (SSSR count). The van der Waals surface area contributed by atoms with Gasteiger partial charge in [-0.15, -0.1) is 5.10 Å². The molecule has 2 heterocycles. The second kappa shape index (κ2) is 6.68. The van der Waals surface area contributed by atoms with Gasteiger partial charge >= 0.3 is 0 Å². The number of fused-ring (bicyclic) bond motifs is 1. The molecule has 0 aliphatic carbocycles. The number of hydrogen-bond acceptors (Lipinski definition) is 4. The lowest BCUT2D eigenvalue weighted by atomic mass is 10.1. The molecule has 0 unspecified atom stereocenters. The van der Waals surface area contributed by atoms with E-state index in [2.05, 4.69) is 15.4 Å². The Bertz CT molecular complexity index is 1070. The lowest BCUT2D eigenvalue weighted by Gasteiger charge is -2.08. The fraction of sp³-hybridized carbons (Fsp3) is 0.0500. The van der Waals surface area contributed by atoms with Crippen LogP contribution in [0.1, 0.15) is 5.56 Å². The Morgan fingerprint density at radius 3 is 2.73 bits per heavy atom. The molecule has 26 heavy (non-hydrogen) atoms.